The summed E-state index contributed by atoms with van der Waals surface area (Å²) >= 11 is 0. The molecule has 4 aromatic heterocycles. The van der Waals surface area contributed by atoms with Crippen LogP contribution in [-0.2, 0) is 25.8 Å². The first-order valence-corrected chi connectivity index (χ1v) is 15.2. The summed E-state index contributed by atoms with van der Waals surface area (Å²) in [5, 5.41) is 8.02. The molecular weight excluding hydrogens is 829 g/mol. The smallest absolute Gasteiger partial charge is 0.378 e. The van der Waals surface area contributed by atoms with E-state index in [-0.39, 0.29) is 32.1 Å². The first kappa shape index (κ1) is 39.9. The van der Waals surface area contributed by atoms with Crippen LogP contribution in [0, 0.1) is 70.6 Å². The van der Waals surface area contributed by atoms with Crippen LogP contribution in [0.3, 0.4) is 0 Å². The second-order valence-electron chi connectivity index (χ2n) is 12.6. The topological polar surface area (TPSA) is 67.9 Å². The van der Waals surface area contributed by atoms with Crippen molar-refractivity contribution in [3.8, 4) is 34.2 Å². The predicted octanol–water partition coefficient (Wildman–Crippen LogP) is 7.63. The van der Waals surface area contributed by atoms with Crippen LogP contribution in [0.25, 0.3) is 34.2 Å². The minimum atomic E-state index is -2.32. The summed E-state index contributed by atoms with van der Waals surface area (Å²) in [6.07, 6.45) is 5.19. The summed E-state index contributed by atoms with van der Waals surface area (Å²) in [4.78, 5) is 12.8. The Balaban J connectivity index is 0.00000561. The standard InChI is InChI=1S/C35H24F10N8.Pd/c1-35(2,19-11-15(50(3)4)13-21(46-19)52-9-7-17(48-52)23-25(36)29(40)33(44)30(41)26(23)37)20-12-16(51(5)6)14-22(47-20)53-10-8-18(49-53)24-27(38)31(42)34(45)32(43)28(24)39;/h7-8,11-14H,1-6H3;/q-2;+2. The molecule has 54 heavy (non-hydrogen) atoms. The van der Waals surface area contributed by atoms with E-state index < -0.39 is 86.1 Å². The van der Waals surface area contributed by atoms with Crippen molar-refractivity contribution in [1.29, 1.82) is 0 Å². The van der Waals surface area contributed by atoms with E-state index in [2.05, 4.69) is 32.6 Å². The molecule has 0 spiro atoms. The fraction of sp³-hybridized carbons (Fsp3) is 0.200. The van der Waals surface area contributed by atoms with Gasteiger partial charge in [0.05, 0.1) is 11.6 Å². The molecule has 0 aliphatic heterocycles. The molecule has 0 aliphatic rings. The summed E-state index contributed by atoms with van der Waals surface area (Å²) in [5.41, 5.74) is -3.09. The van der Waals surface area contributed by atoms with Crippen molar-refractivity contribution in [3.63, 3.8) is 0 Å². The van der Waals surface area contributed by atoms with Gasteiger partial charge < -0.3 is 19.2 Å². The van der Waals surface area contributed by atoms with Gasteiger partial charge >= 0.3 is 20.4 Å². The van der Waals surface area contributed by atoms with E-state index in [1.807, 2.05) is 0 Å². The molecule has 0 atom stereocenters. The molecular formula is C35H24F10N8Pd. The third-order valence-electron chi connectivity index (χ3n) is 8.34. The SMILES string of the molecule is CN(C)c1cc(-n2[c-]cc(-c3c(F)c(F)c(F)c(F)c3F)n2)nc(C(C)(C)c2cc(N(C)C)cc(-n3[c-]cc(-c4c(F)c(F)c(F)c(F)c4F)n3)n2)c1.[Pd+2]. The van der Waals surface area contributed by atoms with Crippen LogP contribution in [0.2, 0.25) is 0 Å². The molecule has 0 saturated carbocycles. The molecule has 4 heterocycles. The molecule has 0 N–H and O–H groups in total. The number of benzene rings is 2. The van der Waals surface area contributed by atoms with Crippen molar-refractivity contribution in [2.45, 2.75) is 19.3 Å². The normalized spacial score (nSPS) is 11.6. The van der Waals surface area contributed by atoms with E-state index in [1.165, 1.54) is 12.1 Å². The maximum atomic E-state index is 14.6. The number of aromatic nitrogens is 6. The van der Waals surface area contributed by atoms with Gasteiger partial charge in [-0.2, -0.15) is 0 Å². The van der Waals surface area contributed by atoms with Crippen molar-refractivity contribution in [1.82, 2.24) is 29.5 Å². The molecule has 19 heteroatoms. The van der Waals surface area contributed by atoms with Crippen LogP contribution in [0.15, 0.2) is 36.4 Å². The van der Waals surface area contributed by atoms with Gasteiger partial charge in [0.15, 0.2) is 58.2 Å². The fourth-order valence-electron chi connectivity index (χ4n) is 5.22. The van der Waals surface area contributed by atoms with Gasteiger partial charge in [-0.05, 0) is 37.4 Å². The van der Waals surface area contributed by atoms with Gasteiger partial charge in [0.1, 0.15) is 0 Å². The van der Waals surface area contributed by atoms with Gasteiger partial charge in [-0.1, -0.05) is 24.5 Å². The molecule has 0 amide bonds. The number of anilines is 2. The first-order valence-electron chi connectivity index (χ1n) is 15.2. The van der Waals surface area contributed by atoms with Crippen LogP contribution in [0.4, 0.5) is 55.3 Å². The third-order valence-corrected chi connectivity index (χ3v) is 8.34. The van der Waals surface area contributed by atoms with Crippen LogP contribution in [-0.4, -0.2) is 57.7 Å². The third kappa shape index (κ3) is 6.70. The molecule has 0 aliphatic carbocycles. The molecule has 6 aromatic rings. The Bertz CT molecular complexity index is 2200. The maximum Gasteiger partial charge on any atom is 2.00 e. The minimum Gasteiger partial charge on any atom is -0.378 e. The van der Waals surface area contributed by atoms with E-state index in [9.17, 15) is 43.9 Å². The second-order valence-corrected chi connectivity index (χ2v) is 12.6. The quantitative estimate of drug-likeness (QED) is 0.0517. The molecule has 0 unspecified atom stereocenters. The van der Waals surface area contributed by atoms with E-state index in [0.717, 1.165) is 21.5 Å². The maximum absolute atomic E-state index is 14.6. The fourth-order valence-corrected chi connectivity index (χ4v) is 5.22. The molecule has 284 valence electrons. The summed E-state index contributed by atoms with van der Waals surface area (Å²) in [7, 11) is 6.84. The number of hydrogen-bond acceptors (Lipinski definition) is 6. The summed E-state index contributed by atoms with van der Waals surface area (Å²) in [5.74, 6) is -21.4. The predicted molar refractivity (Wildman–Crippen MR) is 172 cm³/mol. The zero-order valence-corrected chi connectivity index (χ0v) is 30.2. The van der Waals surface area contributed by atoms with Crippen LogP contribution >= 0.6 is 0 Å². The van der Waals surface area contributed by atoms with Crippen molar-refractivity contribution in [2.75, 3.05) is 38.0 Å². The summed E-state index contributed by atoms with van der Waals surface area (Å²) in [6, 6.07) is 8.32. The van der Waals surface area contributed by atoms with Crippen LogP contribution < -0.4 is 9.80 Å². The molecule has 0 fully saturated rings. The van der Waals surface area contributed by atoms with E-state index in [0.29, 0.717) is 22.8 Å². The van der Waals surface area contributed by atoms with E-state index >= 15 is 0 Å². The van der Waals surface area contributed by atoms with Crippen LogP contribution in [0.1, 0.15) is 25.2 Å². The van der Waals surface area contributed by atoms with Crippen molar-refractivity contribution < 1.29 is 64.3 Å². The van der Waals surface area contributed by atoms with Gasteiger partial charge in [-0.25, -0.2) is 43.9 Å². The van der Waals surface area contributed by atoms with Gasteiger partial charge in [-0.15, -0.1) is 12.1 Å². The Morgan fingerprint density at radius 3 is 1.09 bits per heavy atom. The van der Waals surface area contributed by atoms with E-state index in [4.69, 9.17) is 0 Å². The van der Waals surface area contributed by atoms with Gasteiger partial charge in [0.2, 0.25) is 0 Å². The average molecular weight is 853 g/mol. The van der Waals surface area contributed by atoms with Crippen LogP contribution in [0.5, 0.6) is 0 Å². The zero-order chi connectivity index (χ0) is 38.8. The van der Waals surface area contributed by atoms with Crippen molar-refractivity contribution in [3.05, 3.63) is 118 Å². The Morgan fingerprint density at radius 1 is 0.500 bits per heavy atom. The first-order chi connectivity index (χ1) is 24.8. The minimum absolute atomic E-state index is 0. The monoisotopic (exact) mass is 852 g/mol. The Kier molecular flexibility index (Phi) is 10.7. The zero-order valence-electron chi connectivity index (χ0n) is 28.6. The second kappa shape index (κ2) is 14.5. The number of nitrogens with zero attached hydrogens (tertiary/aromatic N) is 8. The summed E-state index contributed by atoms with van der Waals surface area (Å²) < 4.78 is 143. The molecule has 8 nitrogen and oxygen atoms in total. The van der Waals surface area contributed by atoms with E-state index in [1.54, 1.807) is 64.0 Å². The summed E-state index contributed by atoms with van der Waals surface area (Å²) in [6.45, 7) is 3.48. The molecule has 2 aromatic carbocycles. The molecule has 0 bridgehead atoms. The van der Waals surface area contributed by atoms with Gasteiger partial charge in [-0.3, -0.25) is 20.2 Å². The van der Waals surface area contributed by atoms with Crippen molar-refractivity contribution in [2.24, 2.45) is 0 Å². The number of halogens is 10. The molecule has 0 radical (unpaired) electrons. The number of rotatable bonds is 8. The Morgan fingerprint density at radius 2 is 0.796 bits per heavy atom. The molecule has 0 saturated heterocycles. The Hall–Kier alpha value is -5.28. The average Bonchev–Trinajstić information content (AvgIpc) is 3.82. The Labute approximate surface area is 314 Å². The largest absolute Gasteiger partial charge is 2.00 e. The van der Waals surface area contributed by atoms with Crippen molar-refractivity contribution >= 4 is 11.4 Å². The molecule has 6 rings (SSSR count). The van der Waals surface area contributed by atoms with Gasteiger partial charge in [0, 0.05) is 67.5 Å². The number of pyridine rings is 2. The number of hydrogen-bond donors (Lipinski definition) is 0. The van der Waals surface area contributed by atoms with Gasteiger partial charge in [0.25, 0.3) is 0 Å².